The zero-order chi connectivity index (χ0) is 12.0. The van der Waals surface area contributed by atoms with Gasteiger partial charge in [-0.15, -0.1) is 0 Å². The molecule has 96 valence electrons. The molecule has 0 saturated heterocycles. The first-order valence-corrected chi connectivity index (χ1v) is 7.10. The molecule has 2 heteroatoms. The van der Waals surface area contributed by atoms with E-state index in [2.05, 4.69) is 38.0 Å². The van der Waals surface area contributed by atoms with E-state index in [4.69, 9.17) is 0 Å². The Hall–Kier alpha value is -0.0800. The number of likely N-dealkylation sites (N-methyl/N-ethyl adjacent to an activating group) is 2. The Labute approximate surface area is 102 Å². The largest absolute Gasteiger partial charge is 0.313 e. The highest BCUT2D eigenvalue weighted by atomic mass is 15.2. The van der Waals surface area contributed by atoms with Crippen LogP contribution in [0.5, 0.6) is 0 Å². The van der Waals surface area contributed by atoms with Gasteiger partial charge in [0.25, 0.3) is 0 Å². The third kappa shape index (κ3) is 4.42. The van der Waals surface area contributed by atoms with Crippen LogP contribution >= 0.6 is 0 Å². The topological polar surface area (TPSA) is 15.3 Å². The molecule has 0 spiro atoms. The summed E-state index contributed by atoms with van der Waals surface area (Å²) in [5, 5.41) is 3.57. The van der Waals surface area contributed by atoms with Gasteiger partial charge in [0.05, 0.1) is 0 Å². The highest BCUT2D eigenvalue weighted by Crippen LogP contribution is 2.26. The molecule has 0 aromatic heterocycles. The van der Waals surface area contributed by atoms with Crippen molar-refractivity contribution < 1.29 is 0 Å². The molecule has 0 aromatic rings. The minimum atomic E-state index is 0.675. The van der Waals surface area contributed by atoms with Crippen LogP contribution in [0.3, 0.4) is 0 Å². The van der Waals surface area contributed by atoms with E-state index in [9.17, 15) is 0 Å². The SMILES string of the molecule is CCNC(CC)CN(C)C1CCC(C)CC1. The molecule has 1 rings (SSSR count). The average Bonchev–Trinajstić information content (AvgIpc) is 2.29. The van der Waals surface area contributed by atoms with E-state index in [0.717, 1.165) is 18.5 Å². The molecule has 0 amide bonds. The van der Waals surface area contributed by atoms with Gasteiger partial charge < -0.3 is 10.2 Å². The third-order valence-electron chi connectivity index (χ3n) is 4.10. The van der Waals surface area contributed by atoms with Crippen molar-refractivity contribution in [1.29, 1.82) is 0 Å². The molecule has 1 N–H and O–H groups in total. The van der Waals surface area contributed by atoms with E-state index < -0.39 is 0 Å². The zero-order valence-electron chi connectivity index (χ0n) is 11.6. The second kappa shape index (κ2) is 7.29. The average molecular weight is 226 g/mol. The van der Waals surface area contributed by atoms with Crippen LogP contribution in [0.1, 0.15) is 52.9 Å². The normalized spacial score (nSPS) is 28.3. The summed E-state index contributed by atoms with van der Waals surface area (Å²) in [6, 6.07) is 1.51. The van der Waals surface area contributed by atoms with Crippen LogP contribution in [0.4, 0.5) is 0 Å². The van der Waals surface area contributed by atoms with Gasteiger partial charge in [0.15, 0.2) is 0 Å². The van der Waals surface area contributed by atoms with E-state index >= 15 is 0 Å². The highest BCUT2D eigenvalue weighted by Gasteiger charge is 2.22. The first-order valence-electron chi connectivity index (χ1n) is 7.10. The second-order valence-corrected chi connectivity index (χ2v) is 5.52. The van der Waals surface area contributed by atoms with Gasteiger partial charge in [-0.05, 0) is 51.6 Å². The van der Waals surface area contributed by atoms with Crippen LogP contribution in [0.2, 0.25) is 0 Å². The van der Waals surface area contributed by atoms with Crippen LogP contribution < -0.4 is 5.32 Å². The molecule has 16 heavy (non-hydrogen) atoms. The summed E-state index contributed by atoms with van der Waals surface area (Å²) in [6.45, 7) is 9.18. The minimum Gasteiger partial charge on any atom is -0.313 e. The van der Waals surface area contributed by atoms with Crippen LogP contribution in [0, 0.1) is 5.92 Å². The van der Waals surface area contributed by atoms with Crippen LogP contribution in [0.15, 0.2) is 0 Å². The van der Waals surface area contributed by atoms with Crippen molar-refractivity contribution in [3.05, 3.63) is 0 Å². The summed E-state index contributed by atoms with van der Waals surface area (Å²) in [4.78, 5) is 2.59. The Morgan fingerprint density at radius 2 is 1.81 bits per heavy atom. The molecule has 2 nitrogen and oxygen atoms in total. The molecule has 1 aliphatic rings. The Balaban J connectivity index is 2.30. The number of rotatable bonds is 6. The van der Waals surface area contributed by atoms with Gasteiger partial charge in [-0.1, -0.05) is 20.8 Å². The molecule has 0 heterocycles. The monoisotopic (exact) mass is 226 g/mol. The molecular weight excluding hydrogens is 196 g/mol. The van der Waals surface area contributed by atoms with E-state index in [1.165, 1.54) is 38.6 Å². The Morgan fingerprint density at radius 1 is 1.19 bits per heavy atom. The smallest absolute Gasteiger partial charge is 0.0192 e. The maximum Gasteiger partial charge on any atom is 0.0192 e. The van der Waals surface area contributed by atoms with Gasteiger partial charge >= 0.3 is 0 Å². The fourth-order valence-corrected chi connectivity index (χ4v) is 2.81. The van der Waals surface area contributed by atoms with Crippen LogP contribution in [-0.2, 0) is 0 Å². The van der Waals surface area contributed by atoms with Crippen LogP contribution in [-0.4, -0.2) is 37.1 Å². The number of hydrogen-bond donors (Lipinski definition) is 1. The standard InChI is InChI=1S/C14H30N2/c1-5-13(15-6-2)11-16(4)14-9-7-12(3)8-10-14/h12-15H,5-11H2,1-4H3. The summed E-state index contributed by atoms with van der Waals surface area (Å²) in [5.41, 5.74) is 0. The van der Waals surface area contributed by atoms with E-state index in [1.807, 2.05) is 0 Å². The summed E-state index contributed by atoms with van der Waals surface area (Å²) >= 11 is 0. The van der Waals surface area contributed by atoms with Crippen molar-refractivity contribution in [2.75, 3.05) is 20.1 Å². The lowest BCUT2D eigenvalue weighted by Gasteiger charge is -2.35. The molecule has 0 aromatic carbocycles. The van der Waals surface area contributed by atoms with Crippen molar-refractivity contribution in [2.45, 2.75) is 65.0 Å². The molecule has 1 fully saturated rings. The lowest BCUT2D eigenvalue weighted by Crippen LogP contribution is -2.44. The van der Waals surface area contributed by atoms with E-state index in [-0.39, 0.29) is 0 Å². The van der Waals surface area contributed by atoms with Gasteiger partial charge in [-0.2, -0.15) is 0 Å². The minimum absolute atomic E-state index is 0.675. The van der Waals surface area contributed by atoms with Crippen molar-refractivity contribution in [3.8, 4) is 0 Å². The van der Waals surface area contributed by atoms with E-state index in [1.54, 1.807) is 0 Å². The van der Waals surface area contributed by atoms with Crippen LogP contribution in [0.25, 0.3) is 0 Å². The fourth-order valence-electron chi connectivity index (χ4n) is 2.81. The molecule has 1 unspecified atom stereocenters. The van der Waals surface area contributed by atoms with E-state index in [0.29, 0.717) is 6.04 Å². The molecule has 1 saturated carbocycles. The summed E-state index contributed by atoms with van der Waals surface area (Å²) in [5.74, 6) is 0.959. The molecule has 1 aliphatic carbocycles. The van der Waals surface area contributed by atoms with Crippen molar-refractivity contribution in [3.63, 3.8) is 0 Å². The van der Waals surface area contributed by atoms with Crippen molar-refractivity contribution in [2.24, 2.45) is 5.92 Å². The van der Waals surface area contributed by atoms with Crippen molar-refractivity contribution in [1.82, 2.24) is 10.2 Å². The Bertz CT molecular complexity index is 174. The van der Waals surface area contributed by atoms with Gasteiger partial charge in [0.2, 0.25) is 0 Å². The number of nitrogens with one attached hydrogen (secondary N) is 1. The summed E-state index contributed by atoms with van der Waals surface area (Å²) in [7, 11) is 2.31. The maximum absolute atomic E-state index is 3.57. The van der Waals surface area contributed by atoms with Crippen molar-refractivity contribution >= 4 is 0 Å². The third-order valence-corrected chi connectivity index (χ3v) is 4.10. The van der Waals surface area contributed by atoms with Gasteiger partial charge in [0, 0.05) is 18.6 Å². The fraction of sp³-hybridized carbons (Fsp3) is 1.00. The predicted molar refractivity (Wildman–Crippen MR) is 71.8 cm³/mol. The first kappa shape index (κ1) is 14.0. The number of nitrogens with zero attached hydrogens (tertiary/aromatic N) is 1. The summed E-state index contributed by atoms with van der Waals surface area (Å²) in [6.07, 6.45) is 6.89. The summed E-state index contributed by atoms with van der Waals surface area (Å²) < 4.78 is 0. The maximum atomic E-state index is 3.57. The Kier molecular flexibility index (Phi) is 6.37. The molecule has 0 bridgehead atoms. The quantitative estimate of drug-likeness (QED) is 0.749. The highest BCUT2D eigenvalue weighted by molar-refractivity contribution is 4.79. The lowest BCUT2D eigenvalue weighted by molar-refractivity contribution is 0.155. The molecule has 0 aliphatic heterocycles. The zero-order valence-corrected chi connectivity index (χ0v) is 11.6. The lowest BCUT2D eigenvalue weighted by atomic mass is 9.86. The number of hydrogen-bond acceptors (Lipinski definition) is 2. The Morgan fingerprint density at radius 3 is 2.31 bits per heavy atom. The molecular formula is C14H30N2. The predicted octanol–water partition coefficient (Wildman–Crippen LogP) is 2.89. The van der Waals surface area contributed by atoms with Gasteiger partial charge in [-0.25, -0.2) is 0 Å². The van der Waals surface area contributed by atoms with Gasteiger partial charge in [-0.3, -0.25) is 0 Å². The first-order chi connectivity index (χ1) is 7.67. The van der Waals surface area contributed by atoms with Gasteiger partial charge in [0.1, 0.15) is 0 Å². The second-order valence-electron chi connectivity index (χ2n) is 5.52. The molecule has 1 atom stereocenters. The molecule has 0 radical (unpaired) electrons.